The Labute approximate surface area is 239 Å². The molecule has 1 radical (unpaired) electrons. The molecule has 0 spiro atoms. The molecule has 0 saturated carbocycles. The van der Waals surface area contributed by atoms with E-state index >= 15 is 0 Å². The van der Waals surface area contributed by atoms with Crippen LogP contribution in [0.2, 0.25) is 0 Å². The summed E-state index contributed by atoms with van der Waals surface area (Å²) in [6.45, 7) is 10.7. The van der Waals surface area contributed by atoms with Crippen LogP contribution in [-0.2, 0) is 64.6 Å². The summed E-state index contributed by atoms with van der Waals surface area (Å²) in [7, 11) is 5.05. The van der Waals surface area contributed by atoms with Crippen molar-refractivity contribution in [2.24, 2.45) is 5.92 Å². The zero-order valence-electron chi connectivity index (χ0n) is 20.8. The molecule has 1 atom stereocenters. The maximum atomic E-state index is 12.4. The number of methoxy groups -OCH3 is 1. The fourth-order valence-electron chi connectivity index (χ4n) is 2.92. The van der Waals surface area contributed by atoms with Crippen molar-refractivity contribution in [1.82, 2.24) is 0 Å². The van der Waals surface area contributed by atoms with E-state index in [1.54, 1.807) is 28.7 Å². The summed E-state index contributed by atoms with van der Waals surface area (Å²) >= 11 is 0. The number of rotatable bonds is 13. The van der Waals surface area contributed by atoms with E-state index in [0.717, 1.165) is 35.7 Å². The van der Waals surface area contributed by atoms with Gasteiger partial charge in [0.05, 0.1) is 13.2 Å². The molecule has 0 fully saturated rings. The zero-order chi connectivity index (χ0) is 24.5. The van der Waals surface area contributed by atoms with E-state index in [4.69, 9.17) is 4.74 Å². The van der Waals surface area contributed by atoms with Crippen LogP contribution in [0.4, 0.5) is 0 Å². The van der Waals surface area contributed by atoms with Gasteiger partial charge in [0.1, 0.15) is 5.78 Å². The van der Waals surface area contributed by atoms with Gasteiger partial charge in [-0.3, -0.25) is 16.5 Å². The van der Waals surface area contributed by atoms with Crippen LogP contribution in [0.25, 0.3) is 0 Å². The van der Waals surface area contributed by atoms with Crippen LogP contribution in [0.1, 0.15) is 43.4 Å². The molecule has 0 aliphatic rings. The summed E-state index contributed by atoms with van der Waals surface area (Å²) in [5.41, 5.74) is 3.50. The number of carbonyl (C=O) groups is 2. The average Bonchev–Trinajstić information content (AvgIpc) is 2.79. The smallest absolute Gasteiger partial charge is 0.164 e. The van der Waals surface area contributed by atoms with Crippen molar-refractivity contribution in [2.75, 3.05) is 31.8 Å². The van der Waals surface area contributed by atoms with Crippen LogP contribution in [0, 0.1) is 18.9 Å². The first kappa shape index (κ1) is 33.2. The molecule has 4 nitrogen and oxygen atoms in total. The number of esters is 1. The number of Topliss-reactive ketones (excluding diaryl/α,β-unsaturated/α-hetero) is 1. The molecule has 1 unspecified atom stereocenters. The van der Waals surface area contributed by atoms with Crippen LogP contribution in [0.15, 0.2) is 48.5 Å². The van der Waals surface area contributed by atoms with Crippen molar-refractivity contribution in [1.29, 1.82) is 0 Å². The third-order valence-corrected chi connectivity index (χ3v) is 6.99. The molecule has 0 N–H and O–H groups in total. The van der Waals surface area contributed by atoms with Crippen LogP contribution in [-0.4, -0.2) is 43.6 Å². The first-order chi connectivity index (χ1) is 15.8. The number of carbonyl (C=O) groups excluding carboxylic acids is 2. The average molecular weight is 578 g/mol. The Balaban J connectivity index is 0.000000723. The SMILES string of the molecule is CC(C)Cc1ccc(C(C)C(=O)Cc2cc[c-]cc2)cc1.[CH2-]C(=O)OCCSSCCOC.[Y]. The Morgan fingerprint density at radius 2 is 1.53 bits per heavy atom. The molecule has 2 aromatic carbocycles. The van der Waals surface area contributed by atoms with E-state index < -0.39 is 5.97 Å². The third-order valence-electron chi connectivity index (χ3n) is 4.66. The number of ketones is 1. The van der Waals surface area contributed by atoms with Crippen molar-refractivity contribution >= 4 is 33.3 Å². The van der Waals surface area contributed by atoms with Crippen molar-refractivity contribution in [3.05, 3.63) is 78.2 Å². The molecule has 0 heterocycles. The molecule has 2 rings (SSSR count). The van der Waals surface area contributed by atoms with E-state index in [0.29, 0.717) is 18.9 Å². The normalized spacial score (nSPS) is 11.1. The van der Waals surface area contributed by atoms with Gasteiger partial charge in [-0.2, -0.15) is 35.9 Å². The molecule has 0 amide bonds. The fourth-order valence-corrected chi connectivity index (χ4v) is 4.66. The summed E-state index contributed by atoms with van der Waals surface area (Å²) in [6, 6.07) is 19.1. The molecule has 7 heteroatoms. The summed E-state index contributed by atoms with van der Waals surface area (Å²) in [5.74, 6) is 2.16. The topological polar surface area (TPSA) is 52.6 Å². The van der Waals surface area contributed by atoms with Gasteiger partial charge in [0.25, 0.3) is 0 Å². The molecule has 0 aliphatic heterocycles. The van der Waals surface area contributed by atoms with Crippen molar-refractivity contribution in [3.8, 4) is 0 Å². The maximum Gasteiger partial charge on any atom is 0.164 e. The van der Waals surface area contributed by atoms with Crippen LogP contribution in [0.3, 0.4) is 0 Å². The second-order valence-corrected chi connectivity index (χ2v) is 10.7. The molecule has 0 aliphatic carbocycles. The first-order valence-corrected chi connectivity index (χ1v) is 13.6. The monoisotopic (exact) mass is 577 g/mol. The second-order valence-electron chi connectivity index (χ2n) is 7.97. The predicted molar refractivity (Wildman–Crippen MR) is 140 cm³/mol. The fraction of sp³-hybridized carbons (Fsp3) is 0.444. The summed E-state index contributed by atoms with van der Waals surface area (Å²) < 4.78 is 9.49. The van der Waals surface area contributed by atoms with Gasteiger partial charge in [0, 0.05) is 63.7 Å². The summed E-state index contributed by atoms with van der Waals surface area (Å²) in [5, 5.41) is 0. The molecule has 2 aromatic rings. The standard InChI is InChI=1S/C20H23O.C7H13O3S2.Y/c1-15(2)13-18-9-11-19(12-10-18)16(3)20(21)14-17-7-5-4-6-8-17;1-7(8)10-4-6-12-11-5-3-9-2;/h5-12,15-16H,13-14H2,1-3H3;1,3-6H2,2H3;/q2*-1;. The van der Waals surface area contributed by atoms with Gasteiger partial charge in [-0.1, -0.05) is 66.6 Å². The molecule has 34 heavy (non-hydrogen) atoms. The third kappa shape index (κ3) is 16.0. The molecule has 185 valence electrons. The number of benzene rings is 2. The van der Waals surface area contributed by atoms with E-state index in [2.05, 4.69) is 55.8 Å². The zero-order valence-corrected chi connectivity index (χ0v) is 25.2. The van der Waals surface area contributed by atoms with E-state index in [1.807, 2.05) is 31.2 Å². The van der Waals surface area contributed by atoms with Gasteiger partial charge in [-0.15, -0.1) is 0 Å². The Kier molecular flexibility index (Phi) is 19.9. The Bertz CT molecular complexity index is 798. The van der Waals surface area contributed by atoms with E-state index in [1.165, 1.54) is 5.56 Å². The van der Waals surface area contributed by atoms with Crippen molar-refractivity contribution in [3.63, 3.8) is 0 Å². The minimum absolute atomic E-state index is 0. The molecular formula is C27H36O4S2Y-2. The minimum Gasteiger partial charge on any atom is -0.487 e. The number of ether oxygens (including phenoxy) is 2. The number of hydrogen-bond donors (Lipinski definition) is 0. The number of hydrogen-bond acceptors (Lipinski definition) is 6. The van der Waals surface area contributed by atoms with Gasteiger partial charge in [-0.25, -0.2) is 0 Å². The molecule has 0 bridgehead atoms. The van der Waals surface area contributed by atoms with E-state index in [-0.39, 0.29) is 44.4 Å². The van der Waals surface area contributed by atoms with Crippen molar-refractivity contribution < 1.29 is 51.8 Å². The first-order valence-electron chi connectivity index (χ1n) is 11.1. The minimum atomic E-state index is -0.461. The van der Waals surface area contributed by atoms with Crippen molar-refractivity contribution in [2.45, 2.75) is 39.5 Å². The Morgan fingerprint density at radius 3 is 2.06 bits per heavy atom. The predicted octanol–water partition coefficient (Wildman–Crippen LogP) is 5.99. The van der Waals surface area contributed by atoms with Crippen LogP contribution >= 0.6 is 21.6 Å². The van der Waals surface area contributed by atoms with Gasteiger partial charge in [0.15, 0.2) is 5.97 Å². The van der Waals surface area contributed by atoms with Gasteiger partial charge < -0.3 is 9.47 Å². The molecule has 0 aromatic heterocycles. The summed E-state index contributed by atoms with van der Waals surface area (Å²) in [6.07, 6.45) is 1.58. The second kappa shape index (κ2) is 20.4. The summed E-state index contributed by atoms with van der Waals surface area (Å²) in [4.78, 5) is 22.6. The van der Waals surface area contributed by atoms with Gasteiger partial charge >= 0.3 is 0 Å². The quantitative estimate of drug-likeness (QED) is 0.126. The van der Waals surface area contributed by atoms with Crippen LogP contribution < -0.4 is 0 Å². The van der Waals surface area contributed by atoms with Crippen LogP contribution in [0.5, 0.6) is 0 Å². The molecule has 0 saturated heterocycles. The molecular weight excluding hydrogens is 541 g/mol. The van der Waals surface area contributed by atoms with E-state index in [9.17, 15) is 9.59 Å². The Morgan fingerprint density at radius 1 is 0.941 bits per heavy atom. The Hall–Kier alpha value is -0.786. The van der Waals surface area contributed by atoms with Gasteiger partial charge in [-0.05, 0) is 23.5 Å². The maximum absolute atomic E-state index is 12.4. The largest absolute Gasteiger partial charge is 0.487 e. The van der Waals surface area contributed by atoms with Gasteiger partial charge in [0.2, 0.25) is 0 Å².